The van der Waals surface area contributed by atoms with E-state index in [1.807, 2.05) is 0 Å². The van der Waals surface area contributed by atoms with Crippen molar-refractivity contribution >= 4 is 17.1 Å². The van der Waals surface area contributed by atoms with Crippen molar-refractivity contribution in [2.45, 2.75) is 38.5 Å². The number of hydrogen-bond donors (Lipinski definition) is 1. The molecule has 0 spiro atoms. The van der Waals surface area contributed by atoms with Gasteiger partial charge in [-0.25, -0.2) is 9.78 Å². The highest BCUT2D eigenvalue weighted by Gasteiger charge is 2.19. The van der Waals surface area contributed by atoms with Crippen LogP contribution >= 0.6 is 0 Å². The minimum absolute atomic E-state index is 0.194. The second kappa shape index (κ2) is 5.03. The molecule has 0 bridgehead atoms. The van der Waals surface area contributed by atoms with Crippen LogP contribution in [-0.4, -0.2) is 16.1 Å². The molecule has 1 N–H and O–H groups in total. The molecule has 0 aliphatic heterocycles. The Morgan fingerprint density at radius 3 is 2.84 bits per heavy atom. The summed E-state index contributed by atoms with van der Waals surface area (Å²) >= 11 is 0. The summed E-state index contributed by atoms with van der Waals surface area (Å²) in [6.45, 7) is 0. The summed E-state index contributed by atoms with van der Waals surface area (Å²) in [7, 11) is 0. The lowest BCUT2D eigenvalue weighted by Gasteiger charge is -2.19. The van der Waals surface area contributed by atoms with E-state index < -0.39 is 5.97 Å². The van der Waals surface area contributed by atoms with Gasteiger partial charge >= 0.3 is 5.97 Å². The maximum atomic E-state index is 11.1. The number of carboxylic acids is 1. The van der Waals surface area contributed by atoms with Gasteiger partial charge in [-0.05, 0) is 30.9 Å². The molecule has 2 aromatic rings. The van der Waals surface area contributed by atoms with Crippen molar-refractivity contribution in [2.75, 3.05) is 0 Å². The van der Waals surface area contributed by atoms with E-state index in [1.165, 1.54) is 32.1 Å². The van der Waals surface area contributed by atoms with Crippen molar-refractivity contribution in [1.82, 2.24) is 4.98 Å². The van der Waals surface area contributed by atoms with Crippen LogP contribution in [0.3, 0.4) is 0 Å². The summed E-state index contributed by atoms with van der Waals surface area (Å²) in [5.74, 6) is 0.344. The van der Waals surface area contributed by atoms with Crippen molar-refractivity contribution in [1.29, 1.82) is 0 Å². The van der Waals surface area contributed by atoms with Gasteiger partial charge in [0.2, 0.25) is 0 Å². The van der Waals surface area contributed by atoms with Crippen LogP contribution in [-0.2, 0) is 6.42 Å². The van der Waals surface area contributed by atoms with Gasteiger partial charge in [0.1, 0.15) is 11.1 Å². The molecule has 1 aromatic heterocycles. The van der Waals surface area contributed by atoms with E-state index in [0.29, 0.717) is 22.9 Å². The average Bonchev–Trinajstić information content (AvgIpc) is 2.81. The maximum Gasteiger partial charge on any atom is 0.339 e. The van der Waals surface area contributed by atoms with E-state index in [0.717, 1.165) is 6.42 Å². The van der Waals surface area contributed by atoms with Crippen molar-refractivity contribution < 1.29 is 14.3 Å². The lowest BCUT2D eigenvalue weighted by molar-refractivity contribution is 0.0698. The lowest BCUT2D eigenvalue weighted by atomic mass is 9.87. The van der Waals surface area contributed by atoms with Crippen LogP contribution < -0.4 is 0 Å². The first-order valence-corrected chi connectivity index (χ1v) is 6.86. The number of hydrogen-bond acceptors (Lipinski definition) is 3. The Morgan fingerprint density at radius 2 is 2.11 bits per heavy atom. The quantitative estimate of drug-likeness (QED) is 0.913. The molecule has 4 nitrogen and oxygen atoms in total. The van der Waals surface area contributed by atoms with Gasteiger partial charge in [-0.1, -0.05) is 25.3 Å². The first kappa shape index (κ1) is 12.2. The van der Waals surface area contributed by atoms with Crippen molar-refractivity contribution in [2.24, 2.45) is 5.92 Å². The molecule has 4 heteroatoms. The number of benzene rings is 1. The molecule has 1 aromatic carbocycles. The summed E-state index contributed by atoms with van der Waals surface area (Å²) < 4.78 is 5.67. The monoisotopic (exact) mass is 259 g/mol. The molecule has 0 unspecified atom stereocenters. The number of nitrogens with zero attached hydrogens (tertiary/aromatic N) is 1. The van der Waals surface area contributed by atoms with Crippen LogP contribution in [0, 0.1) is 5.92 Å². The third-order valence-electron chi connectivity index (χ3n) is 3.88. The third kappa shape index (κ3) is 2.48. The van der Waals surface area contributed by atoms with E-state index in [4.69, 9.17) is 9.52 Å². The molecule has 3 rings (SSSR count). The Kier molecular flexibility index (Phi) is 3.23. The van der Waals surface area contributed by atoms with Crippen LogP contribution in [0.4, 0.5) is 0 Å². The molecule has 19 heavy (non-hydrogen) atoms. The van der Waals surface area contributed by atoms with Gasteiger partial charge in [0.05, 0.1) is 0 Å². The molecule has 1 heterocycles. The van der Waals surface area contributed by atoms with Crippen LogP contribution in [0.15, 0.2) is 22.6 Å². The minimum Gasteiger partial charge on any atom is -0.478 e. The Labute approximate surface area is 111 Å². The Balaban J connectivity index is 1.88. The van der Waals surface area contributed by atoms with Crippen LogP contribution in [0.1, 0.15) is 48.4 Å². The number of para-hydroxylation sites is 1. The zero-order chi connectivity index (χ0) is 13.2. The molecule has 1 saturated carbocycles. The highest BCUT2D eigenvalue weighted by Crippen LogP contribution is 2.28. The van der Waals surface area contributed by atoms with Gasteiger partial charge in [-0.2, -0.15) is 0 Å². The Morgan fingerprint density at radius 1 is 1.32 bits per heavy atom. The topological polar surface area (TPSA) is 63.3 Å². The Hall–Kier alpha value is -1.84. The maximum absolute atomic E-state index is 11.1. The molecule has 1 aliphatic carbocycles. The first-order chi connectivity index (χ1) is 9.24. The number of carbonyl (C=O) groups is 1. The molecule has 100 valence electrons. The van der Waals surface area contributed by atoms with Gasteiger partial charge in [0.15, 0.2) is 11.5 Å². The molecular formula is C15H17NO3. The fourth-order valence-corrected chi connectivity index (χ4v) is 2.89. The molecule has 1 fully saturated rings. The SMILES string of the molecule is O=C(O)c1cccc2nc(CC3CCCCC3)oc12. The smallest absolute Gasteiger partial charge is 0.339 e. The normalized spacial score (nSPS) is 16.8. The predicted molar refractivity (Wildman–Crippen MR) is 71.2 cm³/mol. The zero-order valence-corrected chi connectivity index (χ0v) is 10.8. The van der Waals surface area contributed by atoms with Crippen LogP contribution in [0.5, 0.6) is 0 Å². The highest BCUT2D eigenvalue weighted by molar-refractivity contribution is 5.99. The number of carboxylic acid groups (broad SMARTS) is 1. The highest BCUT2D eigenvalue weighted by atomic mass is 16.4. The summed E-state index contributed by atoms with van der Waals surface area (Å²) in [4.78, 5) is 15.5. The fraction of sp³-hybridized carbons (Fsp3) is 0.467. The summed E-state index contributed by atoms with van der Waals surface area (Å²) in [5.41, 5.74) is 1.24. The van der Waals surface area contributed by atoms with Crippen molar-refractivity contribution in [3.63, 3.8) is 0 Å². The molecule has 0 saturated heterocycles. The number of rotatable bonds is 3. The molecule has 1 aliphatic rings. The number of aromatic nitrogens is 1. The largest absolute Gasteiger partial charge is 0.478 e. The second-order valence-electron chi connectivity index (χ2n) is 5.27. The average molecular weight is 259 g/mol. The van der Waals surface area contributed by atoms with Gasteiger partial charge in [0, 0.05) is 6.42 Å². The first-order valence-electron chi connectivity index (χ1n) is 6.86. The molecule has 0 radical (unpaired) electrons. The predicted octanol–water partition coefficient (Wildman–Crippen LogP) is 3.65. The minimum atomic E-state index is -0.967. The van der Waals surface area contributed by atoms with Crippen LogP contribution in [0.2, 0.25) is 0 Å². The summed E-state index contributed by atoms with van der Waals surface area (Å²) in [5, 5.41) is 9.13. The van der Waals surface area contributed by atoms with E-state index in [1.54, 1.807) is 18.2 Å². The number of aromatic carboxylic acids is 1. The van der Waals surface area contributed by atoms with Gasteiger partial charge < -0.3 is 9.52 Å². The van der Waals surface area contributed by atoms with E-state index >= 15 is 0 Å². The molecule has 0 amide bonds. The summed E-state index contributed by atoms with van der Waals surface area (Å²) in [6.07, 6.45) is 7.17. The molecule has 0 atom stereocenters. The van der Waals surface area contributed by atoms with Gasteiger partial charge in [-0.15, -0.1) is 0 Å². The summed E-state index contributed by atoms with van der Waals surface area (Å²) in [6, 6.07) is 5.06. The van der Waals surface area contributed by atoms with E-state index in [9.17, 15) is 4.79 Å². The molecular weight excluding hydrogens is 242 g/mol. The van der Waals surface area contributed by atoms with Gasteiger partial charge in [-0.3, -0.25) is 0 Å². The standard InChI is InChI=1S/C15H17NO3/c17-15(18)11-7-4-8-12-14(11)19-13(16-12)9-10-5-2-1-3-6-10/h4,7-8,10H,1-3,5-6,9H2,(H,17,18). The van der Waals surface area contributed by atoms with Crippen molar-refractivity contribution in [3.05, 3.63) is 29.7 Å². The fourth-order valence-electron chi connectivity index (χ4n) is 2.89. The van der Waals surface area contributed by atoms with E-state index in [-0.39, 0.29) is 5.56 Å². The number of fused-ring (bicyclic) bond motifs is 1. The van der Waals surface area contributed by atoms with E-state index in [2.05, 4.69) is 4.98 Å². The second-order valence-corrected chi connectivity index (χ2v) is 5.27. The lowest BCUT2D eigenvalue weighted by Crippen LogP contribution is -2.09. The Bertz CT molecular complexity index is 596. The third-order valence-corrected chi connectivity index (χ3v) is 3.88. The number of oxazole rings is 1. The van der Waals surface area contributed by atoms with Crippen LogP contribution in [0.25, 0.3) is 11.1 Å². The van der Waals surface area contributed by atoms with Gasteiger partial charge in [0.25, 0.3) is 0 Å². The van der Waals surface area contributed by atoms with Crippen molar-refractivity contribution in [3.8, 4) is 0 Å². The zero-order valence-electron chi connectivity index (χ0n) is 10.8.